The molecule has 10 heteroatoms. The second-order valence-corrected chi connectivity index (χ2v) is 10.8. The van der Waals surface area contributed by atoms with E-state index >= 15 is 0 Å². The summed E-state index contributed by atoms with van der Waals surface area (Å²) in [7, 11) is -1.60. The Balaban J connectivity index is 2.48. The summed E-state index contributed by atoms with van der Waals surface area (Å²) in [6, 6.07) is 11.8. The molecule has 192 valence electrons. The number of rotatable bonds is 11. The van der Waals surface area contributed by atoms with Gasteiger partial charge in [-0.1, -0.05) is 43.3 Å². The average Bonchev–Trinajstić information content (AvgIpc) is 2.81. The Kier molecular flexibility index (Phi) is 9.79. The lowest BCUT2D eigenvalue weighted by atomic mass is 10.1. The highest BCUT2D eigenvalue weighted by Crippen LogP contribution is 2.24. The molecule has 2 aromatic carbocycles. The first kappa shape index (κ1) is 28.3. The van der Waals surface area contributed by atoms with Crippen LogP contribution in [0.1, 0.15) is 38.3 Å². The molecule has 0 radical (unpaired) electrons. The van der Waals surface area contributed by atoms with Crippen molar-refractivity contribution in [3.05, 3.63) is 65.5 Å². The SMILES string of the molecule is CCC(C)NC(=O)C(C)N(Cc1ccccc1C)C(=O)CN(c1ccccc1F)S(=O)(=O)N(C)C. The van der Waals surface area contributed by atoms with E-state index in [9.17, 15) is 22.4 Å². The summed E-state index contributed by atoms with van der Waals surface area (Å²) < 4.78 is 42.4. The predicted molar refractivity (Wildman–Crippen MR) is 135 cm³/mol. The van der Waals surface area contributed by atoms with Gasteiger partial charge in [0, 0.05) is 26.7 Å². The van der Waals surface area contributed by atoms with Gasteiger partial charge >= 0.3 is 10.2 Å². The van der Waals surface area contributed by atoms with E-state index in [0.717, 1.165) is 25.8 Å². The van der Waals surface area contributed by atoms with Crippen LogP contribution in [0.3, 0.4) is 0 Å². The Hall–Kier alpha value is -2.98. The van der Waals surface area contributed by atoms with Gasteiger partial charge in [0.15, 0.2) is 0 Å². The summed E-state index contributed by atoms with van der Waals surface area (Å²) >= 11 is 0. The highest BCUT2D eigenvalue weighted by molar-refractivity contribution is 7.90. The Morgan fingerprint density at radius 3 is 2.20 bits per heavy atom. The summed E-state index contributed by atoms with van der Waals surface area (Å²) in [5.41, 5.74) is 1.49. The smallest absolute Gasteiger partial charge is 0.304 e. The minimum Gasteiger partial charge on any atom is -0.352 e. The van der Waals surface area contributed by atoms with E-state index in [1.54, 1.807) is 6.92 Å². The van der Waals surface area contributed by atoms with Crippen LogP contribution >= 0.6 is 0 Å². The monoisotopic (exact) mass is 506 g/mol. The third kappa shape index (κ3) is 7.02. The molecule has 0 heterocycles. The number of nitrogens with zero attached hydrogens (tertiary/aromatic N) is 3. The number of amides is 2. The van der Waals surface area contributed by atoms with Crippen LogP contribution in [0.25, 0.3) is 0 Å². The fraction of sp³-hybridized carbons (Fsp3) is 0.440. The maximum atomic E-state index is 14.6. The van der Waals surface area contributed by atoms with Crippen LogP contribution in [-0.2, 0) is 26.3 Å². The molecule has 8 nitrogen and oxygen atoms in total. The number of carbonyl (C=O) groups excluding carboxylic acids is 2. The Bertz CT molecular complexity index is 1140. The molecule has 2 aromatic rings. The molecule has 0 aliphatic heterocycles. The van der Waals surface area contributed by atoms with Gasteiger partial charge in [-0.2, -0.15) is 12.7 Å². The van der Waals surface area contributed by atoms with Crippen molar-refractivity contribution < 1.29 is 22.4 Å². The topological polar surface area (TPSA) is 90.0 Å². The number of aryl methyl sites for hydroxylation is 1. The van der Waals surface area contributed by atoms with Crippen LogP contribution in [0.2, 0.25) is 0 Å². The van der Waals surface area contributed by atoms with E-state index in [1.807, 2.05) is 45.0 Å². The summed E-state index contributed by atoms with van der Waals surface area (Å²) in [6.45, 7) is 6.71. The molecule has 2 unspecified atom stereocenters. The second kappa shape index (κ2) is 12.1. The van der Waals surface area contributed by atoms with Crippen LogP contribution in [0.5, 0.6) is 0 Å². The second-order valence-electron chi connectivity index (χ2n) is 8.69. The Morgan fingerprint density at radius 1 is 1.03 bits per heavy atom. The molecule has 0 fully saturated rings. The minimum atomic E-state index is -4.21. The third-order valence-electron chi connectivity index (χ3n) is 5.91. The lowest BCUT2D eigenvalue weighted by molar-refractivity contribution is -0.139. The fourth-order valence-corrected chi connectivity index (χ4v) is 4.44. The van der Waals surface area contributed by atoms with Crippen LogP contribution in [0.4, 0.5) is 10.1 Å². The van der Waals surface area contributed by atoms with Gasteiger partial charge in [0.25, 0.3) is 0 Å². The normalized spacial score (nSPS) is 13.3. The molecular weight excluding hydrogens is 471 g/mol. The number of hydrogen-bond donors (Lipinski definition) is 1. The fourth-order valence-electron chi connectivity index (χ4n) is 3.37. The molecule has 2 amide bonds. The van der Waals surface area contributed by atoms with Crippen molar-refractivity contribution in [1.82, 2.24) is 14.5 Å². The molecule has 2 atom stereocenters. The van der Waals surface area contributed by atoms with Crippen molar-refractivity contribution in [1.29, 1.82) is 0 Å². The average molecular weight is 507 g/mol. The highest BCUT2D eigenvalue weighted by atomic mass is 32.2. The predicted octanol–water partition coefficient (Wildman–Crippen LogP) is 3.08. The molecule has 0 bridgehead atoms. The van der Waals surface area contributed by atoms with E-state index in [2.05, 4.69) is 5.32 Å². The Labute approximate surface area is 207 Å². The van der Waals surface area contributed by atoms with Crippen molar-refractivity contribution in [3.63, 3.8) is 0 Å². The zero-order valence-corrected chi connectivity index (χ0v) is 22.0. The number of halogens is 1. The van der Waals surface area contributed by atoms with E-state index in [0.29, 0.717) is 6.42 Å². The zero-order valence-electron chi connectivity index (χ0n) is 21.2. The molecule has 0 aromatic heterocycles. The van der Waals surface area contributed by atoms with Crippen LogP contribution in [-0.4, -0.2) is 62.2 Å². The molecule has 0 aliphatic rings. The van der Waals surface area contributed by atoms with Gasteiger partial charge in [0.05, 0.1) is 5.69 Å². The highest BCUT2D eigenvalue weighted by Gasteiger charge is 2.34. The molecule has 2 rings (SSSR count). The van der Waals surface area contributed by atoms with E-state index in [4.69, 9.17) is 0 Å². The lowest BCUT2D eigenvalue weighted by Gasteiger charge is -2.33. The lowest BCUT2D eigenvalue weighted by Crippen LogP contribution is -2.53. The van der Waals surface area contributed by atoms with E-state index in [-0.39, 0.29) is 24.2 Å². The van der Waals surface area contributed by atoms with E-state index < -0.39 is 34.5 Å². The standard InChI is InChI=1S/C25H35FN4O4S/c1-7-19(3)27-25(32)20(4)29(16-21-13-9-8-12-18(21)2)24(31)17-30(35(33,34)28(5)6)23-15-11-10-14-22(23)26/h8-15,19-20H,7,16-17H2,1-6H3,(H,27,32). The maximum absolute atomic E-state index is 14.6. The summed E-state index contributed by atoms with van der Waals surface area (Å²) in [6.07, 6.45) is 0.715. The van der Waals surface area contributed by atoms with Crippen LogP contribution in [0.15, 0.2) is 48.5 Å². The molecule has 0 aliphatic carbocycles. The van der Waals surface area contributed by atoms with Gasteiger partial charge in [0.1, 0.15) is 18.4 Å². The van der Waals surface area contributed by atoms with Crippen LogP contribution < -0.4 is 9.62 Å². The number of benzene rings is 2. The van der Waals surface area contributed by atoms with Gasteiger partial charge in [-0.05, 0) is 50.5 Å². The first-order valence-electron chi connectivity index (χ1n) is 11.5. The molecule has 0 spiro atoms. The first-order valence-corrected chi connectivity index (χ1v) is 12.9. The molecule has 1 N–H and O–H groups in total. The molecule has 0 saturated heterocycles. The summed E-state index contributed by atoms with van der Waals surface area (Å²) in [5.74, 6) is -1.76. The number of para-hydroxylation sites is 1. The van der Waals surface area contributed by atoms with Crippen molar-refractivity contribution in [2.24, 2.45) is 0 Å². The summed E-state index contributed by atoms with van der Waals surface area (Å²) in [5, 5.41) is 2.87. The van der Waals surface area contributed by atoms with E-state index in [1.165, 1.54) is 37.2 Å². The molecular formula is C25H35FN4O4S. The van der Waals surface area contributed by atoms with Gasteiger partial charge in [-0.3, -0.25) is 9.59 Å². The van der Waals surface area contributed by atoms with Gasteiger partial charge < -0.3 is 10.2 Å². The first-order chi connectivity index (χ1) is 16.4. The molecule has 35 heavy (non-hydrogen) atoms. The van der Waals surface area contributed by atoms with Crippen molar-refractivity contribution >= 4 is 27.7 Å². The quantitative estimate of drug-likeness (QED) is 0.507. The van der Waals surface area contributed by atoms with Gasteiger partial charge in [-0.25, -0.2) is 8.70 Å². The number of nitrogens with one attached hydrogen (secondary N) is 1. The van der Waals surface area contributed by atoms with Crippen molar-refractivity contribution in [3.8, 4) is 0 Å². The minimum absolute atomic E-state index is 0.0910. The van der Waals surface area contributed by atoms with Crippen molar-refractivity contribution in [2.75, 3.05) is 24.9 Å². The van der Waals surface area contributed by atoms with Gasteiger partial charge in [0.2, 0.25) is 11.8 Å². The number of carbonyl (C=O) groups is 2. The third-order valence-corrected chi connectivity index (χ3v) is 7.72. The molecule has 0 saturated carbocycles. The van der Waals surface area contributed by atoms with Crippen LogP contribution in [0, 0.1) is 12.7 Å². The summed E-state index contributed by atoms with van der Waals surface area (Å²) in [4.78, 5) is 27.9. The Morgan fingerprint density at radius 2 is 1.63 bits per heavy atom. The van der Waals surface area contributed by atoms with Crippen molar-refractivity contribution in [2.45, 2.75) is 52.7 Å². The zero-order chi connectivity index (χ0) is 26.3. The largest absolute Gasteiger partial charge is 0.352 e. The maximum Gasteiger partial charge on any atom is 0.304 e. The van der Waals surface area contributed by atoms with Gasteiger partial charge in [-0.15, -0.1) is 0 Å². The number of hydrogen-bond acceptors (Lipinski definition) is 4. The number of anilines is 1.